The summed E-state index contributed by atoms with van der Waals surface area (Å²) in [6.45, 7) is 7.61. The van der Waals surface area contributed by atoms with Crippen LogP contribution in [0.25, 0.3) is 0 Å². The van der Waals surface area contributed by atoms with Crippen molar-refractivity contribution in [3.63, 3.8) is 0 Å². The Morgan fingerprint density at radius 3 is 3.12 bits per heavy atom. The van der Waals surface area contributed by atoms with E-state index >= 15 is 0 Å². The van der Waals surface area contributed by atoms with Crippen LogP contribution in [0.15, 0.2) is 5.38 Å². The molecule has 1 saturated heterocycles. The van der Waals surface area contributed by atoms with Crippen molar-refractivity contribution in [1.82, 2.24) is 9.88 Å². The van der Waals surface area contributed by atoms with Gasteiger partial charge in [0, 0.05) is 24.5 Å². The Hall–Kier alpha value is -0.450. The second-order valence-corrected chi connectivity index (χ2v) is 6.09. The van der Waals surface area contributed by atoms with Crippen LogP contribution in [0, 0.1) is 5.92 Å². The molecule has 0 spiro atoms. The van der Waals surface area contributed by atoms with Gasteiger partial charge in [-0.15, -0.1) is 11.3 Å². The van der Waals surface area contributed by atoms with Crippen LogP contribution in [0.4, 0.5) is 0 Å². The first-order valence-corrected chi connectivity index (χ1v) is 7.48. The van der Waals surface area contributed by atoms with Crippen LogP contribution in [0.1, 0.15) is 37.4 Å². The molecule has 1 aliphatic heterocycles. The number of rotatable bonds is 4. The molecule has 2 atom stereocenters. The van der Waals surface area contributed by atoms with E-state index in [1.807, 2.05) is 0 Å². The van der Waals surface area contributed by atoms with Gasteiger partial charge in [0.2, 0.25) is 0 Å². The average molecular weight is 253 g/mol. The van der Waals surface area contributed by atoms with Gasteiger partial charge >= 0.3 is 0 Å². The molecule has 0 bridgehead atoms. The Kier molecular flexibility index (Phi) is 4.54. The van der Waals surface area contributed by atoms with E-state index in [1.54, 1.807) is 11.3 Å². The molecule has 17 heavy (non-hydrogen) atoms. The molecule has 4 heteroatoms. The van der Waals surface area contributed by atoms with Gasteiger partial charge in [0.25, 0.3) is 0 Å². The van der Waals surface area contributed by atoms with Gasteiger partial charge < -0.3 is 5.73 Å². The van der Waals surface area contributed by atoms with Gasteiger partial charge in [-0.3, -0.25) is 4.90 Å². The van der Waals surface area contributed by atoms with Crippen molar-refractivity contribution in [2.45, 2.75) is 45.7 Å². The zero-order valence-electron chi connectivity index (χ0n) is 10.9. The summed E-state index contributed by atoms with van der Waals surface area (Å²) in [6, 6.07) is 0.331. The molecule has 0 radical (unpaired) electrons. The van der Waals surface area contributed by atoms with Crippen molar-refractivity contribution in [3.05, 3.63) is 16.1 Å². The van der Waals surface area contributed by atoms with Gasteiger partial charge in [0.05, 0.1) is 10.7 Å². The van der Waals surface area contributed by atoms with Crippen molar-refractivity contribution < 1.29 is 0 Å². The van der Waals surface area contributed by atoms with Crippen LogP contribution >= 0.6 is 11.3 Å². The minimum absolute atomic E-state index is 0.331. The average Bonchev–Trinajstić information content (AvgIpc) is 2.72. The maximum atomic E-state index is 6.12. The summed E-state index contributed by atoms with van der Waals surface area (Å²) in [6.07, 6.45) is 3.51. The highest BCUT2D eigenvalue weighted by Gasteiger charge is 2.23. The third-order valence-electron chi connectivity index (χ3n) is 3.55. The smallest absolute Gasteiger partial charge is 0.0928 e. The van der Waals surface area contributed by atoms with Crippen molar-refractivity contribution in [2.75, 3.05) is 13.1 Å². The van der Waals surface area contributed by atoms with E-state index in [4.69, 9.17) is 5.73 Å². The van der Waals surface area contributed by atoms with E-state index in [1.165, 1.54) is 23.5 Å². The molecule has 2 N–H and O–H groups in total. The normalized spacial score (nSPS) is 26.3. The van der Waals surface area contributed by atoms with E-state index in [9.17, 15) is 0 Å². The molecule has 1 aromatic rings. The lowest BCUT2D eigenvalue weighted by molar-refractivity contribution is 0.161. The molecule has 0 aliphatic carbocycles. The van der Waals surface area contributed by atoms with E-state index in [-0.39, 0.29) is 0 Å². The lowest BCUT2D eigenvalue weighted by atomic mass is 9.94. The number of hydrogen-bond donors (Lipinski definition) is 1. The fraction of sp³-hybridized carbons (Fsp3) is 0.769. The third kappa shape index (κ3) is 3.50. The number of hydrogen-bond acceptors (Lipinski definition) is 4. The third-order valence-corrected chi connectivity index (χ3v) is 4.51. The zero-order valence-corrected chi connectivity index (χ0v) is 11.7. The topological polar surface area (TPSA) is 42.2 Å². The number of aromatic nitrogens is 1. The van der Waals surface area contributed by atoms with Crippen LogP contribution in [0.5, 0.6) is 0 Å². The highest BCUT2D eigenvalue weighted by molar-refractivity contribution is 7.09. The SMILES string of the molecule is CCCc1nc(CN2CCC(C)C(N)C2)cs1. The van der Waals surface area contributed by atoms with Crippen molar-refractivity contribution in [1.29, 1.82) is 0 Å². The first kappa shape index (κ1) is 13.0. The highest BCUT2D eigenvalue weighted by Crippen LogP contribution is 2.19. The molecule has 1 fully saturated rings. The van der Waals surface area contributed by atoms with Gasteiger partial charge in [-0.2, -0.15) is 0 Å². The Bertz CT molecular complexity index is 350. The maximum absolute atomic E-state index is 6.12. The molecule has 3 nitrogen and oxygen atoms in total. The van der Waals surface area contributed by atoms with E-state index < -0.39 is 0 Å². The zero-order chi connectivity index (χ0) is 12.3. The Labute approximate surface area is 108 Å². The molecule has 0 saturated carbocycles. The first-order valence-electron chi connectivity index (χ1n) is 6.60. The number of piperidine rings is 1. The lowest BCUT2D eigenvalue weighted by Gasteiger charge is -2.34. The van der Waals surface area contributed by atoms with E-state index in [0.717, 1.165) is 26.1 Å². The van der Waals surface area contributed by atoms with Crippen molar-refractivity contribution in [2.24, 2.45) is 11.7 Å². The predicted octanol–water partition coefficient (Wildman–Crippen LogP) is 2.26. The fourth-order valence-electron chi connectivity index (χ4n) is 2.29. The fourth-order valence-corrected chi connectivity index (χ4v) is 3.18. The summed E-state index contributed by atoms with van der Waals surface area (Å²) in [5.74, 6) is 0.664. The Balaban J connectivity index is 1.87. The molecule has 1 aromatic heterocycles. The Morgan fingerprint density at radius 2 is 2.41 bits per heavy atom. The maximum Gasteiger partial charge on any atom is 0.0928 e. The van der Waals surface area contributed by atoms with Gasteiger partial charge in [0.1, 0.15) is 0 Å². The molecule has 2 rings (SSSR count). The predicted molar refractivity (Wildman–Crippen MR) is 73.1 cm³/mol. The molecule has 96 valence electrons. The molecule has 0 amide bonds. The first-order chi connectivity index (χ1) is 8.19. The molecule has 1 aliphatic rings. The molecule has 2 unspecified atom stereocenters. The summed E-state index contributed by atoms with van der Waals surface area (Å²) in [5.41, 5.74) is 7.34. The van der Waals surface area contributed by atoms with Crippen LogP contribution in [0.3, 0.4) is 0 Å². The molecule has 2 heterocycles. The van der Waals surface area contributed by atoms with Crippen molar-refractivity contribution >= 4 is 11.3 Å². The summed E-state index contributed by atoms with van der Waals surface area (Å²) in [5, 5.41) is 3.48. The van der Waals surface area contributed by atoms with Gasteiger partial charge in [0.15, 0.2) is 0 Å². The van der Waals surface area contributed by atoms with Crippen LogP contribution < -0.4 is 5.73 Å². The summed E-state index contributed by atoms with van der Waals surface area (Å²) in [7, 11) is 0. The highest BCUT2D eigenvalue weighted by atomic mass is 32.1. The summed E-state index contributed by atoms with van der Waals surface area (Å²) in [4.78, 5) is 7.11. The number of thiazole rings is 1. The van der Waals surface area contributed by atoms with Crippen molar-refractivity contribution in [3.8, 4) is 0 Å². The number of nitrogens with two attached hydrogens (primary N) is 1. The minimum Gasteiger partial charge on any atom is -0.326 e. The van der Waals surface area contributed by atoms with Crippen LogP contribution in [-0.2, 0) is 13.0 Å². The minimum atomic E-state index is 0.331. The molecular formula is C13H23N3S. The number of nitrogens with zero attached hydrogens (tertiary/aromatic N) is 2. The number of aryl methyl sites for hydroxylation is 1. The molecular weight excluding hydrogens is 230 g/mol. The largest absolute Gasteiger partial charge is 0.326 e. The summed E-state index contributed by atoms with van der Waals surface area (Å²) < 4.78 is 0. The standard InChI is InChI=1S/C13H23N3S/c1-3-4-13-15-11(9-17-13)7-16-6-5-10(2)12(14)8-16/h9-10,12H,3-8,14H2,1-2H3. The van der Waals surface area contributed by atoms with Gasteiger partial charge in [-0.25, -0.2) is 4.98 Å². The second-order valence-electron chi connectivity index (χ2n) is 5.15. The van der Waals surface area contributed by atoms with Crippen LogP contribution in [0.2, 0.25) is 0 Å². The summed E-state index contributed by atoms with van der Waals surface area (Å²) >= 11 is 1.80. The molecule has 0 aromatic carbocycles. The quantitative estimate of drug-likeness (QED) is 0.895. The Morgan fingerprint density at radius 1 is 1.59 bits per heavy atom. The second kappa shape index (κ2) is 5.94. The number of likely N-dealkylation sites (tertiary alicyclic amines) is 1. The van der Waals surface area contributed by atoms with Gasteiger partial charge in [-0.05, 0) is 31.7 Å². The monoisotopic (exact) mass is 253 g/mol. The van der Waals surface area contributed by atoms with Gasteiger partial charge in [-0.1, -0.05) is 13.8 Å². The van der Waals surface area contributed by atoms with Crippen LogP contribution in [-0.4, -0.2) is 29.0 Å². The van der Waals surface area contributed by atoms with E-state index in [0.29, 0.717) is 12.0 Å². The lowest BCUT2D eigenvalue weighted by Crippen LogP contribution is -2.47. The van der Waals surface area contributed by atoms with E-state index in [2.05, 4.69) is 29.1 Å².